The van der Waals surface area contributed by atoms with E-state index in [9.17, 15) is 23.4 Å². The van der Waals surface area contributed by atoms with E-state index in [0.29, 0.717) is 22.5 Å². The second-order valence-electron chi connectivity index (χ2n) is 11.0. The Kier molecular flexibility index (Phi) is 6.80. The van der Waals surface area contributed by atoms with E-state index in [-0.39, 0.29) is 10.7 Å². The smallest absolute Gasteiger partial charge is 0.259 e. The number of nitrogens with one attached hydrogen (secondary N) is 3. The molecule has 1 aromatic heterocycles. The SMILES string of the molecule is CC(C)(C)NS(=O)(=O)c1cccc(NC(=O)c2ccc(NC(C)(O)O)nc2N2CCC3(CC2)CC3)c1. The number of benzene rings is 1. The second-order valence-corrected chi connectivity index (χ2v) is 12.7. The molecule has 1 aromatic carbocycles. The highest BCUT2D eigenvalue weighted by Gasteiger charge is 2.45. The highest BCUT2D eigenvalue weighted by Crippen LogP contribution is 2.54. The minimum atomic E-state index is -3.77. The predicted octanol–water partition coefficient (Wildman–Crippen LogP) is 2.86. The van der Waals surface area contributed by atoms with Crippen molar-refractivity contribution in [3.63, 3.8) is 0 Å². The number of pyridine rings is 1. The summed E-state index contributed by atoms with van der Waals surface area (Å²) in [5, 5.41) is 24.8. The number of piperidine rings is 1. The summed E-state index contributed by atoms with van der Waals surface area (Å²) < 4.78 is 28.1. The normalized spacial score (nSPS) is 17.7. The van der Waals surface area contributed by atoms with E-state index in [2.05, 4.69) is 20.3 Å². The maximum Gasteiger partial charge on any atom is 0.259 e. The molecule has 2 aromatic rings. The average Bonchev–Trinajstić information content (AvgIpc) is 3.50. The predicted molar refractivity (Wildman–Crippen MR) is 138 cm³/mol. The lowest BCUT2D eigenvalue weighted by atomic mass is 9.93. The van der Waals surface area contributed by atoms with E-state index in [1.54, 1.807) is 39.0 Å². The standard InChI is InChI=1S/C25H35N5O5S/c1-23(2,3)29-36(34,35)18-7-5-6-17(16-18)26-22(31)19-8-9-20(28-24(4,32)33)27-21(19)30-14-12-25(10-11-25)13-15-30/h5-9,16,29,32-33H,10-15H2,1-4H3,(H,26,31)(H,27,28). The van der Waals surface area contributed by atoms with Gasteiger partial charge in [-0.05, 0) is 82.2 Å². The molecule has 11 heteroatoms. The maximum absolute atomic E-state index is 13.3. The van der Waals surface area contributed by atoms with Crippen LogP contribution in [0.25, 0.3) is 0 Å². The largest absolute Gasteiger partial charge is 0.356 e. The van der Waals surface area contributed by atoms with Crippen LogP contribution in [0.15, 0.2) is 41.3 Å². The van der Waals surface area contributed by atoms with Gasteiger partial charge in [0.25, 0.3) is 5.91 Å². The molecule has 2 aliphatic rings. The van der Waals surface area contributed by atoms with Crippen LogP contribution in [0.1, 0.15) is 63.7 Å². The summed E-state index contributed by atoms with van der Waals surface area (Å²) in [6, 6.07) is 9.16. The Labute approximate surface area is 212 Å². The van der Waals surface area contributed by atoms with Gasteiger partial charge >= 0.3 is 0 Å². The van der Waals surface area contributed by atoms with Gasteiger partial charge in [-0.2, -0.15) is 0 Å². The highest BCUT2D eigenvalue weighted by atomic mass is 32.2. The zero-order chi connectivity index (χ0) is 26.4. The van der Waals surface area contributed by atoms with Crippen LogP contribution in [0, 0.1) is 5.41 Å². The minimum Gasteiger partial charge on any atom is -0.356 e. The molecule has 1 aliphatic carbocycles. The molecule has 196 valence electrons. The van der Waals surface area contributed by atoms with Crippen molar-refractivity contribution in [2.24, 2.45) is 5.41 Å². The van der Waals surface area contributed by atoms with Crippen molar-refractivity contribution in [3.8, 4) is 0 Å². The van der Waals surface area contributed by atoms with Gasteiger partial charge < -0.3 is 25.7 Å². The van der Waals surface area contributed by atoms with Crippen molar-refractivity contribution in [1.82, 2.24) is 9.71 Å². The molecule has 1 saturated heterocycles. The fraction of sp³-hybridized carbons (Fsp3) is 0.520. The molecule has 36 heavy (non-hydrogen) atoms. The van der Waals surface area contributed by atoms with Crippen molar-refractivity contribution in [2.45, 2.75) is 69.7 Å². The van der Waals surface area contributed by atoms with Crippen LogP contribution in [0.2, 0.25) is 0 Å². The van der Waals surface area contributed by atoms with E-state index in [0.717, 1.165) is 25.9 Å². The molecule has 2 heterocycles. The van der Waals surface area contributed by atoms with Gasteiger partial charge in [0.1, 0.15) is 11.6 Å². The molecule has 0 bridgehead atoms. The highest BCUT2D eigenvalue weighted by molar-refractivity contribution is 7.89. The lowest BCUT2D eigenvalue weighted by Crippen LogP contribution is -2.40. The van der Waals surface area contributed by atoms with E-state index in [1.807, 2.05) is 4.90 Å². The number of nitrogens with zero attached hydrogens (tertiary/aromatic N) is 2. The van der Waals surface area contributed by atoms with Crippen molar-refractivity contribution in [2.75, 3.05) is 28.6 Å². The van der Waals surface area contributed by atoms with Gasteiger partial charge in [-0.15, -0.1) is 0 Å². The van der Waals surface area contributed by atoms with Gasteiger partial charge in [0.05, 0.1) is 10.5 Å². The molecular weight excluding hydrogens is 482 g/mol. The molecule has 0 unspecified atom stereocenters. The zero-order valence-corrected chi connectivity index (χ0v) is 21.9. The number of hydrogen-bond donors (Lipinski definition) is 5. The maximum atomic E-state index is 13.3. The number of aliphatic hydroxyl groups is 2. The number of anilines is 3. The zero-order valence-electron chi connectivity index (χ0n) is 21.1. The van der Waals surface area contributed by atoms with Gasteiger partial charge in [0.2, 0.25) is 15.9 Å². The third kappa shape index (κ3) is 6.52. The Hall–Kier alpha value is -2.73. The molecule has 1 aliphatic heterocycles. The lowest BCUT2D eigenvalue weighted by Gasteiger charge is -2.34. The molecule has 10 nitrogen and oxygen atoms in total. The van der Waals surface area contributed by atoms with Crippen LogP contribution >= 0.6 is 0 Å². The fourth-order valence-electron chi connectivity index (χ4n) is 4.45. The fourth-order valence-corrected chi connectivity index (χ4v) is 5.91. The Morgan fingerprint density at radius 1 is 1.03 bits per heavy atom. The molecular formula is C25H35N5O5S. The molecule has 5 N–H and O–H groups in total. The molecule has 0 radical (unpaired) electrons. The quantitative estimate of drug-likeness (QED) is 0.353. The first kappa shape index (κ1) is 26.3. The first-order valence-electron chi connectivity index (χ1n) is 12.1. The lowest BCUT2D eigenvalue weighted by molar-refractivity contribution is -0.119. The molecule has 4 rings (SSSR count). The Bertz CT molecular complexity index is 1240. The van der Waals surface area contributed by atoms with Gasteiger partial charge in [0, 0.05) is 31.2 Å². The number of carbonyl (C=O) groups is 1. The monoisotopic (exact) mass is 517 g/mol. The van der Waals surface area contributed by atoms with E-state index < -0.39 is 27.4 Å². The Morgan fingerprint density at radius 2 is 1.69 bits per heavy atom. The van der Waals surface area contributed by atoms with E-state index in [4.69, 9.17) is 0 Å². The Morgan fingerprint density at radius 3 is 2.28 bits per heavy atom. The van der Waals surface area contributed by atoms with Gasteiger partial charge in [-0.25, -0.2) is 18.1 Å². The topological polar surface area (TPSA) is 144 Å². The van der Waals surface area contributed by atoms with Crippen molar-refractivity contribution in [3.05, 3.63) is 42.0 Å². The van der Waals surface area contributed by atoms with Crippen molar-refractivity contribution >= 4 is 33.3 Å². The summed E-state index contributed by atoms with van der Waals surface area (Å²) in [4.78, 5) is 20.0. The third-order valence-corrected chi connectivity index (χ3v) is 8.16. The molecule has 2 fully saturated rings. The van der Waals surface area contributed by atoms with Crippen molar-refractivity contribution < 1.29 is 23.4 Å². The summed E-state index contributed by atoms with van der Waals surface area (Å²) in [6.07, 6.45) is 4.51. The number of aromatic nitrogens is 1. The van der Waals surface area contributed by atoms with Crippen LogP contribution in [-0.4, -0.2) is 54.1 Å². The number of rotatable bonds is 7. The summed E-state index contributed by atoms with van der Waals surface area (Å²) in [5.74, 6) is -1.94. The van der Waals surface area contributed by atoms with Gasteiger partial charge in [-0.1, -0.05) is 6.07 Å². The number of carbonyl (C=O) groups excluding carboxylic acids is 1. The van der Waals surface area contributed by atoms with Crippen molar-refractivity contribution in [1.29, 1.82) is 0 Å². The number of amides is 1. The van der Waals surface area contributed by atoms with Crippen LogP contribution in [0.4, 0.5) is 17.3 Å². The Balaban J connectivity index is 1.59. The van der Waals surface area contributed by atoms with Crippen LogP contribution in [0.3, 0.4) is 0 Å². The second kappa shape index (κ2) is 9.29. The van der Waals surface area contributed by atoms with Gasteiger partial charge in [-0.3, -0.25) is 4.79 Å². The van der Waals surface area contributed by atoms with Crippen LogP contribution in [-0.2, 0) is 10.0 Å². The summed E-state index contributed by atoms with van der Waals surface area (Å²) in [5.41, 5.74) is 0.419. The average molecular weight is 518 g/mol. The summed E-state index contributed by atoms with van der Waals surface area (Å²) in [6.45, 7) is 7.94. The van der Waals surface area contributed by atoms with E-state index >= 15 is 0 Å². The molecule has 1 amide bonds. The summed E-state index contributed by atoms with van der Waals surface area (Å²) in [7, 11) is -3.77. The first-order valence-corrected chi connectivity index (χ1v) is 13.6. The third-order valence-electron chi connectivity index (χ3n) is 6.41. The minimum absolute atomic E-state index is 0.0454. The van der Waals surface area contributed by atoms with Crippen LogP contribution < -0.4 is 20.3 Å². The van der Waals surface area contributed by atoms with Crippen LogP contribution in [0.5, 0.6) is 0 Å². The number of sulfonamides is 1. The molecule has 1 spiro atoms. The molecule has 0 atom stereocenters. The number of hydrogen-bond acceptors (Lipinski definition) is 8. The first-order chi connectivity index (χ1) is 16.6. The van der Waals surface area contributed by atoms with Gasteiger partial charge in [0.15, 0.2) is 0 Å². The molecule has 1 saturated carbocycles. The van der Waals surface area contributed by atoms with E-state index in [1.165, 1.54) is 38.0 Å². The summed E-state index contributed by atoms with van der Waals surface area (Å²) >= 11 is 0.